The minimum Gasteiger partial charge on any atom is -0.441 e. The van der Waals surface area contributed by atoms with E-state index in [1.807, 2.05) is 25.1 Å². The topological polar surface area (TPSA) is 72.6 Å². The van der Waals surface area contributed by atoms with Crippen LogP contribution in [-0.4, -0.2) is 23.3 Å². The summed E-state index contributed by atoms with van der Waals surface area (Å²) < 4.78 is 5.67. The fourth-order valence-corrected chi connectivity index (χ4v) is 4.23. The molecule has 0 spiro atoms. The number of fused-ring (bicyclic) bond motifs is 3. The van der Waals surface area contributed by atoms with Gasteiger partial charge >= 0.3 is 0 Å². The number of hydrogen-bond acceptors (Lipinski definition) is 4. The molecule has 0 aromatic heterocycles. The van der Waals surface area contributed by atoms with Crippen molar-refractivity contribution in [2.24, 2.45) is 5.73 Å². The molecule has 2 heterocycles. The Morgan fingerprint density at radius 3 is 2.71 bits per heavy atom. The van der Waals surface area contributed by atoms with Crippen molar-refractivity contribution in [3.63, 3.8) is 0 Å². The maximum absolute atomic E-state index is 13.1. The van der Waals surface area contributed by atoms with E-state index in [4.69, 9.17) is 33.7 Å². The molecule has 1 atom stereocenters. The Morgan fingerprint density at radius 1 is 1.18 bits per heavy atom. The van der Waals surface area contributed by atoms with Crippen molar-refractivity contribution in [3.8, 4) is 5.75 Å². The van der Waals surface area contributed by atoms with Crippen LogP contribution in [0.5, 0.6) is 5.75 Å². The second kappa shape index (κ2) is 7.15. The zero-order chi connectivity index (χ0) is 20.0. The lowest BCUT2D eigenvalue weighted by Crippen LogP contribution is -2.47. The van der Waals surface area contributed by atoms with Gasteiger partial charge in [-0.1, -0.05) is 47.0 Å². The number of piperidine rings is 1. The molecular weight excluding hydrogens is 399 g/mol. The predicted molar refractivity (Wildman–Crippen MR) is 107 cm³/mol. The van der Waals surface area contributed by atoms with E-state index in [1.165, 1.54) is 4.90 Å². The van der Waals surface area contributed by atoms with Crippen LogP contribution in [0.25, 0.3) is 0 Å². The van der Waals surface area contributed by atoms with Gasteiger partial charge in [0.2, 0.25) is 5.91 Å². The van der Waals surface area contributed by atoms with Gasteiger partial charge in [-0.2, -0.15) is 0 Å². The monoisotopic (exact) mass is 416 g/mol. The number of aryl methyl sites for hydroxylation is 1. The molecule has 2 N–H and O–H groups in total. The molecule has 2 aliphatic heterocycles. The fraction of sp³-hybridized carbons (Fsp3) is 0.238. The summed E-state index contributed by atoms with van der Waals surface area (Å²) in [6.07, 6.45) is 0.609. The maximum Gasteiger partial charge on any atom is 0.262 e. The van der Waals surface area contributed by atoms with Crippen LogP contribution >= 0.6 is 23.2 Å². The lowest BCUT2D eigenvalue weighted by Gasteiger charge is -2.36. The molecule has 0 bridgehead atoms. The van der Waals surface area contributed by atoms with E-state index in [2.05, 4.69) is 0 Å². The summed E-state index contributed by atoms with van der Waals surface area (Å²) in [5.41, 5.74) is 9.07. The van der Waals surface area contributed by atoms with Crippen LogP contribution in [0.4, 0.5) is 0 Å². The fourth-order valence-electron chi connectivity index (χ4n) is 3.73. The SMILES string of the molecule is Cc1ccc2c(c1)C1CC(=O)N(CCc3ccc(Cl)cc3Cl)C(=O)C1=C(N)O2. The average molecular weight is 417 g/mol. The van der Waals surface area contributed by atoms with Gasteiger partial charge in [0.15, 0.2) is 5.88 Å². The number of ether oxygens (including phenoxy) is 1. The molecule has 144 valence electrons. The Kier molecular flexibility index (Phi) is 4.81. The van der Waals surface area contributed by atoms with Crippen LogP contribution in [0.3, 0.4) is 0 Å². The summed E-state index contributed by atoms with van der Waals surface area (Å²) >= 11 is 12.1. The van der Waals surface area contributed by atoms with Crippen molar-refractivity contribution >= 4 is 35.0 Å². The Bertz CT molecular complexity index is 1030. The normalized spacial score (nSPS) is 18.7. The number of benzene rings is 2. The number of carbonyl (C=O) groups is 2. The van der Waals surface area contributed by atoms with Gasteiger partial charge in [0.1, 0.15) is 5.75 Å². The molecule has 4 rings (SSSR count). The Labute approximate surface area is 172 Å². The van der Waals surface area contributed by atoms with Crippen LogP contribution in [0.1, 0.15) is 29.0 Å². The molecule has 1 unspecified atom stereocenters. The van der Waals surface area contributed by atoms with E-state index in [0.717, 1.165) is 16.7 Å². The molecule has 1 fully saturated rings. The molecule has 2 aliphatic rings. The quantitative estimate of drug-likeness (QED) is 0.768. The number of rotatable bonds is 3. The summed E-state index contributed by atoms with van der Waals surface area (Å²) in [5.74, 6) is -0.353. The third-order valence-corrected chi connectivity index (χ3v) is 5.74. The average Bonchev–Trinajstić information content (AvgIpc) is 2.63. The first-order valence-electron chi connectivity index (χ1n) is 8.92. The number of amides is 2. The first-order valence-corrected chi connectivity index (χ1v) is 9.67. The van der Waals surface area contributed by atoms with Crippen molar-refractivity contribution in [2.75, 3.05) is 6.54 Å². The van der Waals surface area contributed by atoms with Crippen molar-refractivity contribution < 1.29 is 14.3 Å². The van der Waals surface area contributed by atoms with Gasteiger partial charge < -0.3 is 10.5 Å². The lowest BCUT2D eigenvalue weighted by atomic mass is 9.82. The molecule has 0 aliphatic carbocycles. The lowest BCUT2D eigenvalue weighted by molar-refractivity contribution is -0.145. The minimum atomic E-state index is -0.406. The number of hydrogen-bond donors (Lipinski definition) is 1. The van der Waals surface area contributed by atoms with Crippen LogP contribution < -0.4 is 10.5 Å². The standard InChI is InChI=1S/C21H18Cl2N2O3/c1-11-2-5-17-14(8-11)15-10-18(26)25(21(27)19(15)20(24)28-17)7-6-12-3-4-13(22)9-16(12)23/h2-5,8-9,15H,6-7,10,24H2,1H3. The number of nitrogens with two attached hydrogens (primary N) is 1. The van der Waals surface area contributed by atoms with Gasteiger partial charge in [-0.05, 0) is 37.1 Å². The summed E-state index contributed by atoms with van der Waals surface area (Å²) in [5, 5.41) is 1.04. The largest absolute Gasteiger partial charge is 0.441 e. The molecule has 2 aromatic carbocycles. The molecule has 0 radical (unpaired) electrons. The number of likely N-dealkylation sites (tertiary alicyclic amines) is 1. The van der Waals surface area contributed by atoms with Gasteiger partial charge in [0, 0.05) is 34.5 Å². The second-order valence-corrected chi connectivity index (χ2v) is 7.86. The van der Waals surface area contributed by atoms with Crippen molar-refractivity contribution in [2.45, 2.75) is 25.7 Å². The van der Waals surface area contributed by atoms with Gasteiger partial charge in [-0.25, -0.2) is 0 Å². The molecule has 7 heteroatoms. The van der Waals surface area contributed by atoms with E-state index in [9.17, 15) is 9.59 Å². The first kappa shape index (κ1) is 18.8. The van der Waals surface area contributed by atoms with Crippen molar-refractivity contribution in [3.05, 3.63) is 74.6 Å². The van der Waals surface area contributed by atoms with E-state index >= 15 is 0 Å². The highest BCUT2D eigenvalue weighted by molar-refractivity contribution is 6.35. The maximum atomic E-state index is 13.1. The van der Waals surface area contributed by atoms with E-state index in [1.54, 1.807) is 18.2 Å². The van der Waals surface area contributed by atoms with Gasteiger partial charge in [0.05, 0.1) is 5.57 Å². The number of carbonyl (C=O) groups excluding carboxylic acids is 2. The third-order valence-electron chi connectivity index (χ3n) is 5.15. The molecule has 2 aromatic rings. The summed E-state index contributed by atoms with van der Waals surface area (Å²) in [4.78, 5) is 27.1. The molecule has 5 nitrogen and oxygen atoms in total. The number of halogens is 2. The first-order chi connectivity index (χ1) is 13.3. The molecule has 1 saturated heterocycles. The number of nitrogens with zero attached hydrogens (tertiary/aromatic N) is 1. The zero-order valence-electron chi connectivity index (χ0n) is 15.2. The highest BCUT2D eigenvalue weighted by Crippen LogP contribution is 2.43. The van der Waals surface area contributed by atoms with E-state index < -0.39 is 5.91 Å². The minimum absolute atomic E-state index is 0.0633. The van der Waals surface area contributed by atoms with E-state index in [-0.39, 0.29) is 30.7 Å². The highest BCUT2D eigenvalue weighted by atomic mass is 35.5. The Morgan fingerprint density at radius 2 is 1.96 bits per heavy atom. The Balaban J connectivity index is 1.60. The van der Waals surface area contributed by atoms with E-state index in [0.29, 0.717) is 27.8 Å². The summed E-state index contributed by atoms with van der Waals surface area (Å²) in [6, 6.07) is 10.8. The Hall–Kier alpha value is -2.50. The van der Waals surface area contributed by atoms with Crippen LogP contribution in [0.2, 0.25) is 10.0 Å². The van der Waals surface area contributed by atoms with Gasteiger partial charge in [-0.3, -0.25) is 14.5 Å². The van der Waals surface area contributed by atoms with Crippen molar-refractivity contribution in [1.82, 2.24) is 4.90 Å². The smallest absolute Gasteiger partial charge is 0.262 e. The summed E-state index contributed by atoms with van der Waals surface area (Å²) in [7, 11) is 0. The van der Waals surface area contributed by atoms with Crippen LogP contribution in [0.15, 0.2) is 47.9 Å². The molecule has 28 heavy (non-hydrogen) atoms. The van der Waals surface area contributed by atoms with Crippen LogP contribution in [0, 0.1) is 6.92 Å². The zero-order valence-corrected chi connectivity index (χ0v) is 16.7. The molecular formula is C21H18Cl2N2O3. The molecule has 2 amide bonds. The van der Waals surface area contributed by atoms with Gasteiger partial charge in [0.25, 0.3) is 5.91 Å². The molecule has 0 saturated carbocycles. The van der Waals surface area contributed by atoms with Crippen molar-refractivity contribution in [1.29, 1.82) is 0 Å². The van der Waals surface area contributed by atoms with Crippen LogP contribution in [-0.2, 0) is 16.0 Å². The summed E-state index contributed by atoms with van der Waals surface area (Å²) in [6.45, 7) is 2.17. The number of imide groups is 1. The predicted octanol–water partition coefficient (Wildman–Crippen LogP) is 3.95. The highest BCUT2D eigenvalue weighted by Gasteiger charge is 2.43. The third kappa shape index (κ3) is 3.25. The second-order valence-electron chi connectivity index (χ2n) is 7.01. The van der Waals surface area contributed by atoms with Gasteiger partial charge in [-0.15, -0.1) is 0 Å².